The van der Waals surface area contributed by atoms with Gasteiger partial charge in [0.1, 0.15) is 16.7 Å². The van der Waals surface area contributed by atoms with E-state index in [4.69, 9.17) is 28.1 Å². The highest BCUT2D eigenvalue weighted by Gasteiger charge is 2.52. The zero-order valence-corrected chi connectivity index (χ0v) is 17.5. The number of fused-ring (bicyclic) bond motifs is 3. The quantitative estimate of drug-likeness (QED) is 0.519. The zero-order valence-electron chi connectivity index (χ0n) is 17.5. The van der Waals surface area contributed by atoms with Crippen molar-refractivity contribution in [2.75, 3.05) is 0 Å². The number of rotatable bonds is 1. The number of aliphatic hydroxyl groups is 1. The minimum atomic E-state index is -1.48. The zero-order chi connectivity index (χ0) is 23.0. The summed E-state index contributed by atoms with van der Waals surface area (Å²) < 4.78 is 32.8. The molecular weight excluding hydrogens is 424 g/mol. The number of carbonyl (C=O) groups excluding carboxylic acids is 2. The highest BCUT2D eigenvalue weighted by Crippen LogP contribution is 2.49. The third kappa shape index (κ3) is 2.90. The first-order valence-corrected chi connectivity index (χ1v) is 9.73. The number of ether oxygens (including phenoxy) is 5. The van der Waals surface area contributed by atoms with Crippen LogP contribution in [0.3, 0.4) is 0 Å². The molecule has 3 aliphatic heterocycles. The number of aliphatic hydroxyl groups excluding tert-OH is 1. The van der Waals surface area contributed by atoms with E-state index in [-0.39, 0.29) is 28.4 Å². The SMILES string of the molecule is CC1(C)OC(=O)C(C2C3=C(Oc4c2c(=O)oc2ccccc42)OC(C)(C)OC3=O)=C(O)O1. The van der Waals surface area contributed by atoms with Gasteiger partial charge in [0.05, 0.1) is 16.9 Å². The van der Waals surface area contributed by atoms with Gasteiger partial charge in [0.2, 0.25) is 0 Å². The van der Waals surface area contributed by atoms with Crippen molar-refractivity contribution >= 4 is 22.9 Å². The molecule has 10 heteroatoms. The fourth-order valence-corrected chi connectivity index (χ4v) is 3.91. The van der Waals surface area contributed by atoms with E-state index in [1.54, 1.807) is 24.3 Å². The highest BCUT2D eigenvalue weighted by molar-refractivity contribution is 6.01. The molecule has 32 heavy (non-hydrogen) atoms. The van der Waals surface area contributed by atoms with Gasteiger partial charge in [-0.1, -0.05) is 12.1 Å². The van der Waals surface area contributed by atoms with Crippen LogP contribution in [0.25, 0.3) is 11.0 Å². The van der Waals surface area contributed by atoms with Gasteiger partial charge in [-0.3, -0.25) is 0 Å². The molecule has 0 radical (unpaired) electrons. The van der Waals surface area contributed by atoms with E-state index in [0.717, 1.165) is 0 Å². The average Bonchev–Trinajstić information content (AvgIpc) is 2.64. The molecule has 0 spiro atoms. The van der Waals surface area contributed by atoms with Crippen molar-refractivity contribution in [3.63, 3.8) is 0 Å². The standard InChI is InChI=1S/C22H18O10/c1-21(2)29-17(24)13(18(25)30-21)11-12-15(9-7-5-6-8-10(9)27-16(12)23)28-20-14(11)19(26)31-22(3,4)32-20/h5-8,11,24H,1-4H3. The Hall–Kier alpha value is -3.95. The van der Waals surface area contributed by atoms with Crippen LogP contribution < -0.4 is 10.4 Å². The molecule has 1 aromatic carbocycles. The van der Waals surface area contributed by atoms with Crippen LogP contribution in [-0.2, 0) is 28.5 Å². The maximum atomic E-state index is 13.0. The summed E-state index contributed by atoms with van der Waals surface area (Å²) in [6.45, 7) is 5.83. The van der Waals surface area contributed by atoms with Crippen LogP contribution in [0.4, 0.5) is 0 Å². The van der Waals surface area contributed by atoms with Crippen molar-refractivity contribution in [1.29, 1.82) is 0 Å². The van der Waals surface area contributed by atoms with E-state index in [1.165, 1.54) is 27.7 Å². The Morgan fingerprint density at radius 1 is 0.844 bits per heavy atom. The lowest BCUT2D eigenvalue weighted by molar-refractivity contribution is -0.224. The van der Waals surface area contributed by atoms with Gasteiger partial charge in [0.15, 0.2) is 5.75 Å². The first kappa shape index (κ1) is 20.0. The van der Waals surface area contributed by atoms with Crippen LogP contribution in [0, 0.1) is 0 Å². The van der Waals surface area contributed by atoms with E-state index in [0.29, 0.717) is 5.39 Å². The van der Waals surface area contributed by atoms with Crippen molar-refractivity contribution in [2.24, 2.45) is 0 Å². The molecule has 1 unspecified atom stereocenters. The lowest BCUT2D eigenvalue weighted by Gasteiger charge is -2.39. The van der Waals surface area contributed by atoms with Gasteiger partial charge in [-0.25, -0.2) is 14.4 Å². The van der Waals surface area contributed by atoms with Crippen LogP contribution in [-0.4, -0.2) is 28.6 Å². The summed E-state index contributed by atoms with van der Waals surface area (Å²) in [5, 5.41) is 11.0. The van der Waals surface area contributed by atoms with Crippen molar-refractivity contribution in [2.45, 2.75) is 45.2 Å². The normalized spacial score (nSPS) is 23.3. The van der Waals surface area contributed by atoms with Crippen molar-refractivity contribution in [1.82, 2.24) is 0 Å². The summed E-state index contributed by atoms with van der Waals surface area (Å²) in [7, 11) is 0. The van der Waals surface area contributed by atoms with Crippen molar-refractivity contribution in [3.8, 4) is 5.75 Å². The largest absolute Gasteiger partial charge is 0.480 e. The molecule has 10 nitrogen and oxygen atoms in total. The molecule has 0 bridgehead atoms. The number of hydrogen-bond acceptors (Lipinski definition) is 10. The first-order valence-electron chi connectivity index (χ1n) is 9.73. The number of esters is 2. The van der Waals surface area contributed by atoms with Crippen LogP contribution in [0.5, 0.6) is 5.75 Å². The first-order chi connectivity index (χ1) is 15.0. The third-order valence-electron chi connectivity index (χ3n) is 5.11. The monoisotopic (exact) mass is 442 g/mol. The maximum absolute atomic E-state index is 13.0. The smallest absolute Gasteiger partial charge is 0.345 e. The Balaban J connectivity index is 1.85. The molecule has 0 aliphatic carbocycles. The Bertz CT molecular complexity index is 1320. The molecule has 4 heterocycles. The molecule has 0 saturated heterocycles. The van der Waals surface area contributed by atoms with Gasteiger partial charge in [-0.2, -0.15) is 0 Å². The number of benzene rings is 1. The number of carbonyl (C=O) groups is 2. The predicted octanol–water partition coefficient (Wildman–Crippen LogP) is 2.87. The number of hydrogen-bond donors (Lipinski definition) is 1. The Morgan fingerprint density at radius 2 is 1.47 bits per heavy atom. The molecule has 2 aromatic rings. The average molecular weight is 442 g/mol. The summed E-state index contributed by atoms with van der Waals surface area (Å²) in [6, 6.07) is 6.57. The topological polar surface area (TPSA) is 131 Å². The Labute approximate surface area is 180 Å². The second-order valence-electron chi connectivity index (χ2n) is 8.37. The third-order valence-corrected chi connectivity index (χ3v) is 5.11. The van der Waals surface area contributed by atoms with E-state index < -0.39 is 46.6 Å². The van der Waals surface area contributed by atoms with Gasteiger partial charge >= 0.3 is 17.6 Å². The van der Waals surface area contributed by atoms with Crippen molar-refractivity contribution in [3.05, 3.63) is 63.3 Å². The Morgan fingerprint density at radius 3 is 2.16 bits per heavy atom. The van der Waals surface area contributed by atoms with Gasteiger partial charge < -0.3 is 33.2 Å². The summed E-state index contributed by atoms with van der Waals surface area (Å²) in [5.74, 6) is -7.28. The van der Waals surface area contributed by atoms with Gasteiger partial charge in [-0.15, -0.1) is 0 Å². The molecule has 1 atom stereocenters. The molecule has 1 aromatic heterocycles. The van der Waals surface area contributed by atoms with Crippen LogP contribution in [0.2, 0.25) is 0 Å². The van der Waals surface area contributed by atoms with Crippen LogP contribution in [0.15, 0.2) is 56.5 Å². The molecule has 0 fully saturated rings. The second-order valence-corrected chi connectivity index (χ2v) is 8.37. The van der Waals surface area contributed by atoms with Crippen LogP contribution >= 0.6 is 0 Å². The van der Waals surface area contributed by atoms with Gasteiger partial charge in [-0.05, 0) is 12.1 Å². The molecular formula is C22H18O10. The van der Waals surface area contributed by atoms with E-state index in [9.17, 15) is 19.5 Å². The molecule has 1 N–H and O–H groups in total. The molecule has 5 rings (SSSR count). The lowest BCUT2D eigenvalue weighted by Crippen LogP contribution is -2.44. The van der Waals surface area contributed by atoms with Crippen LogP contribution in [0.1, 0.15) is 39.2 Å². The molecule has 0 saturated carbocycles. The second kappa shape index (κ2) is 6.28. The molecule has 0 amide bonds. The van der Waals surface area contributed by atoms with E-state index in [1.807, 2.05) is 0 Å². The predicted molar refractivity (Wildman–Crippen MR) is 105 cm³/mol. The van der Waals surface area contributed by atoms with E-state index in [2.05, 4.69) is 0 Å². The minimum Gasteiger partial charge on any atom is -0.480 e. The number of cyclic esters (lactones) is 2. The number of para-hydroxylation sites is 1. The lowest BCUT2D eigenvalue weighted by atomic mass is 9.82. The summed E-state index contributed by atoms with van der Waals surface area (Å²) >= 11 is 0. The molecule has 3 aliphatic rings. The fraction of sp³-hybridized carbons (Fsp3) is 0.318. The van der Waals surface area contributed by atoms with E-state index >= 15 is 0 Å². The molecule has 166 valence electrons. The fourth-order valence-electron chi connectivity index (χ4n) is 3.91. The van der Waals surface area contributed by atoms with Gasteiger partial charge in [0.25, 0.3) is 23.5 Å². The summed E-state index contributed by atoms with van der Waals surface area (Å²) in [4.78, 5) is 38.9. The summed E-state index contributed by atoms with van der Waals surface area (Å²) in [5.41, 5.74) is -1.65. The summed E-state index contributed by atoms with van der Waals surface area (Å²) in [6.07, 6.45) is 0. The highest BCUT2D eigenvalue weighted by atomic mass is 16.8. The Kier molecular flexibility index (Phi) is 3.92. The van der Waals surface area contributed by atoms with Crippen molar-refractivity contribution < 1.29 is 42.8 Å². The van der Waals surface area contributed by atoms with Gasteiger partial charge in [0, 0.05) is 27.7 Å². The maximum Gasteiger partial charge on any atom is 0.345 e. The minimum absolute atomic E-state index is 0.0176.